The molecule has 7 atom stereocenters. The van der Waals surface area contributed by atoms with Gasteiger partial charge in [-0.3, -0.25) is 9.59 Å². The Morgan fingerprint density at radius 3 is 2.36 bits per heavy atom. The maximum absolute atomic E-state index is 13.5. The predicted octanol–water partition coefficient (Wildman–Crippen LogP) is 2.81. The topological polar surface area (TPSA) is 157 Å². The van der Waals surface area contributed by atoms with Gasteiger partial charge in [-0.05, 0) is 68.9 Å². The summed E-state index contributed by atoms with van der Waals surface area (Å²) in [7, 11) is 0. The van der Waals surface area contributed by atoms with E-state index in [4.69, 9.17) is 4.74 Å². The normalized spacial score (nSPS) is 30.8. The van der Waals surface area contributed by atoms with Crippen LogP contribution < -0.4 is 5.32 Å². The Kier molecular flexibility index (Phi) is 9.22. The minimum Gasteiger partial charge on any atom is -0.509 e. The van der Waals surface area contributed by atoms with E-state index in [0.717, 1.165) is 25.3 Å². The van der Waals surface area contributed by atoms with Gasteiger partial charge in [-0.25, -0.2) is 4.79 Å². The van der Waals surface area contributed by atoms with E-state index in [-0.39, 0.29) is 41.2 Å². The molecule has 0 spiro atoms. The maximum atomic E-state index is 13.5. The van der Waals surface area contributed by atoms with Crippen LogP contribution in [0.15, 0.2) is 35.8 Å². The zero-order chi connectivity index (χ0) is 29.3. The number of carbonyl (C=O) groups excluding carboxylic acids is 3. The van der Waals surface area contributed by atoms with Crippen molar-refractivity contribution in [2.75, 3.05) is 6.54 Å². The number of aliphatic hydroxyl groups is 4. The third kappa shape index (κ3) is 6.01. The third-order valence-electron chi connectivity index (χ3n) is 9.51. The van der Waals surface area contributed by atoms with Crippen molar-refractivity contribution < 1.29 is 39.5 Å². The number of ether oxygens (including phenoxy) is 1. The minimum absolute atomic E-state index is 0.0677. The highest BCUT2D eigenvalue weighted by Gasteiger charge is 2.63. The van der Waals surface area contributed by atoms with Crippen LogP contribution in [0.3, 0.4) is 0 Å². The third-order valence-corrected chi connectivity index (χ3v) is 9.51. The van der Waals surface area contributed by atoms with Crippen molar-refractivity contribution in [1.82, 2.24) is 10.2 Å². The summed E-state index contributed by atoms with van der Waals surface area (Å²) in [5, 5.41) is 42.3. The molecule has 39 heavy (non-hydrogen) atoms. The van der Waals surface area contributed by atoms with E-state index < -0.39 is 47.8 Å². The Labute approximate surface area is 230 Å². The molecule has 1 saturated heterocycles. The standard InChI is InChI=1S/C29H44N2O8/c1-7-18(13-21(34)16(2)32)14-22(35)25(36)30-24(17(3)33)26(37)31-12-8-9-20(31)27(38)39-23-15-19-10-11-29(23,6)28(19,4)5/h7,13,17,19-20,22-24,32-35H,1,8-12,14-15H2,2-6H3,(H,30,36)/b18-13+,21-16-/t17-,19?,20+,22-,23?,24+,29?/m1/s1. The zero-order valence-electron chi connectivity index (χ0n) is 23.6. The highest BCUT2D eigenvalue weighted by Crippen LogP contribution is 2.66. The largest absolute Gasteiger partial charge is 0.509 e. The Bertz CT molecular complexity index is 1040. The van der Waals surface area contributed by atoms with E-state index in [2.05, 4.69) is 32.7 Å². The molecule has 2 bridgehead atoms. The van der Waals surface area contributed by atoms with Gasteiger partial charge in [0.1, 0.15) is 30.1 Å². The number of esters is 1. The average molecular weight is 549 g/mol. The van der Waals surface area contributed by atoms with Gasteiger partial charge in [0.05, 0.1) is 6.10 Å². The smallest absolute Gasteiger partial charge is 0.329 e. The molecule has 5 N–H and O–H groups in total. The molecule has 3 rings (SSSR count). The molecule has 0 radical (unpaired) electrons. The molecule has 3 unspecified atom stereocenters. The number of amides is 2. The quantitative estimate of drug-likeness (QED) is 0.158. The minimum atomic E-state index is -1.63. The zero-order valence-corrected chi connectivity index (χ0v) is 23.6. The molecule has 2 aliphatic carbocycles. The first-order valence-corrected chi connectivity index (χ1v) is 13.7. The highest BCUT2D eigenvalue weighted by atomic mass is 16.5. The van der Waals surface area contributed by atoms with Gasteiger partial charge in [-0.15, -0.1) is 0 Å². The summed E-state index contributed by atoms with van der Waals surface area (Å²) in [4.78, 5) is 40.9. The van der Waals surface area contributed by atoms with Crippen molar-refractivity contribution in [2.24, 2.45) is 16.7 Å². The number of hydrogen-bond donors (Lipinski definition) is 5. The first-order valence-electron chi connectivity index (χ1n) is 13.7. The van der Waals surface area contributed by atoms with Crippen LogP contribution in [0.2, 0.25) is 0 Å². The maximum Gasteiger partial charge on any atom is 0.329 e. The SMILES string of the molecule is C=C/C(=C\C(O)=C(/C)O)C[C@@H](O)C(=O)N[C@H](C(=O)N1CCC[C@H]1C(=O)OC1CC2CCC1(C)C2(C)C)[C@@H](C)O. The van der Waals surface area contributed by atoms with Crippen LogP contribution >= 0.6 is 0 Å². The number of fused-ring (bicyclic) bond motifs is 2. The summed E-state index contributed by atoms with van der Waals surface area (Å²) in [5.74, 6) is -2.29. The predicted molar refractivity (Wildman–Crippen MR) is 144 cm³/mol. The van der Waals surface area contributed by atoms with Crippen molar-refractivity contribution >= 4 is 17.8 Å². The number of likely N-dealkylation sites (tertiary alicyclic amines) is 1. The summed E-state index contributed by atoms with van der Waals surface area (Å²) in [6, 6.07) is -2.19. The average Bonchev–Trinajstić information content (AvgIpc) is 3.49. The van der Waals surface area contributed by atoms with Gasteiger partial charge in [0.15, 0.2) is 5.76 Å². The Balaban J connectivity index is 1.67. The van der Waals surface area contributed by atoms with Gasteiger partial charge in [0.2, 0.25) is 11.8 Å². The molecule has 0 aromatic carbocycles. The lowest BCUT2D eigenvalue weighted by molar-refractivity contribution is -0.165. The molecule has 2 amide bonds. The van der Waals surface area contributed by atoms with Crippen LogP contribution in [0, 0.1) is 16.7 Å². The van der Waals surface area contributed by atoms with Crippen LogP contribution in [-0.2, 0) is 19.1 Å². The summed E-state index contributed by atoms with van der Waals surface area (Å²) >= 11 is 0. The van der Waals surface area contributed by atoms with E-state index in [1.54, 1.807) is 0 Å². The van der Waals surface area contributed by atoms with Crippen molar-refractivity contribution in [1.29, 1.82) is 0 Å². The van der Waals surface area contributed by atoms with Crippen LogP contribution in [-0.4, -0.2) is 80.1 Å². The van der Waals surface area contributed by atoms with E-state index in [1.807, 2.05) is 0 Å². The second-order valence-electron chi connectivity index (χ2n) is 12.1. The molecule has 10 nitrogen and oxygen atoms in total. The van der Waals surface area contributed by atoms with E-state index in [1.165, 1.54) is 24.8 Å². The van der Waals surface area contributed by atoms with Gasteiger partial charge in [0, 0.05) is 18.4 Å². The van der Waals surface area contributed by atoms with Crippen molar-refractivity contribution in [3.63, 3.8) is 0 Å². The van der Waals surface area contributed by atoms with E-state index >= 15 is 0 Å². The Hall–Kier alpha value is -2.85. The lowest BCUT2D eigenvalue weighted by atomic mass is 9.70. The summed E-state index contributed by atoms with van der Waals surface area (Å²) in [6.07, 6.45) is 3.01. The Morgan fingerprint density at radius 2 is 1.85 bits per heavy atom. The molecule has 0 aromatic heterocycles. The molecule has 3 fully saturated rings. The second kappa shape index (κ2) is 11.7. The van der Waals surface area contributed by atoms with Gasteiger partial charge in [-0.2, -0.15) is 0 Å². The van der Waals surface area contributed by atoms with Gasteiger partial charge in [0.25, 0.3) is 0 Å². The fourth-order valence-electron chi connectivity index (χ4n) is 6.42. The van der Waals surface area contributed by atoms with Crippen LogP contribution in [0.5, 0.6) is 0 Å². The molecule has 1 heterocycles. The summed E-state index contributed by atoms with van der Waals surface area (Å²) < 4.78 is 6.03. The molecule has 218 valence electrons. The van der Waals surface area contributed by atoms with E-state index in [9.17, 15) is 34.8 Å². The monoisotopic (exact) mass is 548 g/mol. The van der Waals surface area contributed by atoms with Crippen LogP contribution in [0.4, 0.5) is 0 Å². The van der Waals surface area contributed by atoms with Gasteiger partial charge in [-0.1, -0.05) is 33.4 Å². The number of hydrogen-bond acceptors (Lipinski definition) is 8. The lowest BCUT2D eigenvalue weighted by Gasteiger charge is -2.39. The van der Waals surface area contributed by atoms with Gasteiger partial charge < -0.3 is 35.4 Å². The fraction of sp³-hybridized carbons (Fsp3) is 0.690. The number of aliphatic hydroxyl groups excluding tert-OH is 4. The van der Waals surface area contributed by atoms with Crippen molar-refractivity contribution in [3.8, 4) is 0 Å². The van der Waals surface area contributed by atoms with Crippen molar-refractivity contribution in [3.05, 3.63) is 35.8 Å². The molecule has 1 aliphatic heterocycles. The second-order valence-corrected chi connectivity index (χ2v) is 12.1. The lowest BCUT2D eigenvalue weighted by Crippen LogP contribution is -2.57. The molecule has 0 aromatic rings. The number of rotatable bonds is 10. The van der Waals surface area contributed by atoms with Gasteiger partial charge >= 0.3 is 5.97 Å². The van der Waals surface area contributed by atoms with Crippen LogP contribution in [0.25, 0.3) is 0 Å². The summed E-state index contributed by atoms with van der Waals surface area (Å²) in [6.45, 7) is 13.1. The molecule has 10 heteroatoms. The highest BCUT2D eigenvalue weighted by molar-refractivity contribution is 5.92. The first kappa shape index (κ1) is 30.7. The van der Waals surface area contributed by atoms with Crippen molar-refractivity contribution in [2.45, 2.75) is 104 Å². The number of nitrogens with zero attached hydrogens (tertiary/aromatic N) is 1. The first-order chi connectivity index (χ1) is 18.1. The summed E-state index contributed by atoms with van der Waals surface area (Å²) in [5.41, 5.74) is 0.218. The fourth-order valence-corrected chi connectivity index (χ4v) is 6.42. The molecular formula is C29H44N2O8. The molecular weight excluding hydrogens is 504 g/mol. The molecule has 2 saturated carbocycles. The number of nitrogens with one attached hydrogen (secondary N) is 1. The molecule has 3 aliphatic rings. The van der Waals surface area contributed by atoms with Crippen LogP contribution in [0.1, 0.15) is 73.1 Å². The Morgan fingerprint density at radius 1 is 1.18 bits per heavy atom. The van der Waals surface area contributed by atoms with E-state index in [0.29, 0.717) is 18.8 Å². The number of carbonyl (C=O) groups is 3. The number of allylic oxidation sites excluding steroid dienone is 3.